The maximum Gasteiger partial charge on any atom is 0.0646 e. The average molecular weight is 266 g/mol. The number of rotatable bonds is 2. The molecule has 0 saturated heterocycles. The van der Waals surface area contributed by atoms with Crippen molar-refractivity contribution in [2.75, 3.05) is 23.3 Å². The van der Waals surface area contributed by atoms with Gasteiger partial charge in [0.1, 0.15) is 0 Å². The molecule has 0 saturated carbocycles. The maximum absolute atomic E-state index is 3.54. The molecule has 0 fully saturated rings. The molecule has 1 aliphatic rings. The first-order chi connectivity index (χ1) is 9.81. The van der Waals surface area contributed by atoms with Crippen LogP contribution in [-0.2, 0) is 6.42 Å². The summed E-state index contributed by atoms with van der Waals surface area (Å²) in [5, 5.41) is 3.54. The zero-order chi connectivity index (χ0) is 13.9. The molecule has 0 bridgehead atoms. The van der Waals surface area contributed by atoms with E-state index >= 15 is 0 Å². The number of anilines is 3. The molecule has 0 radical (unpaired) electrons. The summed E-state index contributed by atoms with van der Waals surface area (Å²) in [6.07, 6.45) is 2.23. The van der Waals surface area contributed by atoms with Gasteiger partial charge in [-0.1, -0.05) is 37.3 Å². The van der Waals surface area contributed by atoms with Crippen molar-refractivity contribution in [2.24, 2.45) is 0 Å². The van der Waals surface area contributed by atoms with Gasteiger partial charge in [0.15, 0.2) is 0 Å². The molecular formula is C18H22N2. The van der Waals surface area contributed by atoms with E-state index in [9.17, 15) is 0 Å². The van der Waals surface area contributed by atoms with E-state index in [2.05, 4.69) is 66.5 Å². The van der Waals surface area contributed by atoms with Gasteiger partial charge in [0.25, 0.3) is 0 Å². The lowest BCUT2D eigenvalue weighted by atomic mass is 10.0. The molecule has 2 heteroatoms. The Kier molecular flexibility index (Phi) is 3.64. The summed E-state index contributed by atoms with van der Waals surface area (Å²) in [7, 11) is 0. The number of para-hydroxylation sites is 3. The average Bonchev–Trinajstić information content (AvgIpc) is 2.69. The lowest BCUT2D eigenvalue weighted by Crippen LogP contribution is -2.20. The highest BCUT2D eigenvalue weighted by Gasteiger charge is 2.19. The van der Waals surface area contributed by atoms with E-state index in [1.807, 2.05) is 0 Å². The van der Waals surface area contributed by atoms with E-state index in [1.54, 1.807) is 0 Å². The normalized spacial score (nSPS) is 14.4. The minimum Gasteiger partial charge on any atom is -0.383 e. The third-order valence-corrected chi connectivity index (χ3v) is 4.04. The molecule has 1 aliphatic heterocycles. The fourth-order valence-corrected chi connectivity index (χ4v) is 3.06. The second-order valence-electron chi connectivity index (χ2n) is 5.39. The number of fused-ring (bicyclic) bond motifs is 1. The predicted octanol–water partition coefficient (Wildman–Crippen LogP) is 4.51. The molecule has 104 valence electrons. The Morgan fingerprint density at radius 1 is 1.10 bits per heavy atom. The number of hydrogen-bond acceptors (Lipinski definition) is 2. The molecule has 2 aromatic carbocycles. The molecule has 0 aromatic heterocycles. The van der Waals surface area contributed by atoms with Crippen LogP contribution >= 0.6 is 0 Å². The first-order valence-corrected chi connectivity index (χ1v) is 7.50. The van der Waals surface area contributed by atoms with Gasteiger partial charge in [-0.3, -0.25) is 0 Å². The van der Waals surface area contributed by atoms with Gasteiger partial charge in [-0.25, -0.2) is 0 Å². The first-order valence-electron chi connectivity index (χ1n) is 7.50. The minimum atomic E-state index is 1.04. The monoisotopic (exact) mass is 266 g/mol. The Morgan fingerprint density at radius 3 is 2.80 bits per heavy atom. The third-order valence-electron chi connectivity index (χ3n) is 4.04. The Balaban J connectivity index is 2.15. The Labute approximate surface area is 121 Å². The van der Waals surface area contributed by atoms with E-state index in [1.165, 1.54) is 28.2 Å². The highest BCUT2D eigenvalue weighted by Crippen LogP contribution is 2.37. The topological polar surface area (TPSA) is 15.3 Å². The van der Waals surface area contributed by atoms with Crippen molar-refractivity contribution in [3.63, 3.8) is 0 Å². The molecule has 0 unspecified atom stereocenters. The zero-order valence-corrected chi connectivity index (χ0v) is 12.3. The Bertz CT molecular complexity index is 604. The SMILES string of the molecule is CCc1cccc(C)c1N1CCCNc2ccccc21. The molecule has 2 aromatic rings. The van der Waals surface area contributed by atoms with Crippen LogP contribution < -0.4 is 10.2 Å². The number of hydrogen-bond donors (Lipinski definition) is 1. The van der Waals surface area contributed by atoms with E-state index in [0.29, 0.717) is 0 Å². The van der Waals surface area contributed by atoms with Gasteiger partial charge in [0.2, 0.25) is 0 Å². The minimum absolute atomic E-state index is 1.04. The lowest BCUT2D eigenvalue weighted by molar-refractivity contribution is 0.856. The molecule has 3 rings (SSSR count). The second-order valence-corrected chi connectivity index (χ2v) is 5.39. The molecule has 1 N–H and O–H groups in total. The van der Waals surface area contributed by atoms with E-state index in [4.69, 9.17) is 0 Å². The van der Waals surface area contributed by atoms with Gasteiger partial charge in [-0.05, 0) is 43.0 Å². The van der Waals surface area contributed by atoms with Crippen molar-refractivity contribution in [2.45, 2.75) is 26.7 Å². The summed E-state index contributed by atoms with van der Waals surface area (Å²) >= 11 is 0. The van der Waals surface area contributed by atoms with Crippen LogP contribution in [0.15, 0.2) is 42.5 Å². The number of nitrogens with zero attached hydrogens (tertiary/aromatic N) is 1. The molecule has 0 aliphatic carbocycles. The summed E-state index contributed by atoms with van der Waals surface area (Å²) in [4.78, 5) is 2.49. The standard InChI is InChI=1S/C18H22N2/c1-3-15-9-6-8-14(2)18(15)20-13-7-12-19-16-10-4-5-11-17(16)20/h4-6,8-11,19H,3,7,12-13H2,1-2H3. The Hall–Kier alpha value is -1.96. The lowest BCUT2D eigenvalue weighted by Gasteiger charge is -2.28. The smallest absolute Gasteiger partial charge is 0.0646 e. The quantitative estimate of drug-likeness (QED) is 0.860. The van der Waals surface area contributed by atoms with Crippen LogP contribution in [0, 0.1) is 6.92 Å². The van der Waals surface area contributed by atoms with E-state index in [-0.39, 0.29) is 0 Å². The fraction of sp³-hybridized carbons (Fsp3) is 0.333. The summed E-state index contributed by atoms with van der Waals surface area (Å²) in [6, 6.07) is 15.3. The molecule has 20 heavy (non-hydrogen) atoms. The predicted molar refractivity (Wildman–Crippen MR) is 87.1 cm³/mol. The summed E-state index contributed by atoms with van der Waals surface area (Å²) < 4.78 is 0. The molecular weight excluding hydrogens is 244 g/mol. The van der Waals surface area contributed by atoms with Crippen LogP contribution in [0.25, 0.3) is 0 Å². The van der Waals surface area contributed by atoms with Gasteiger partial charge in [0, 0.05) is 18.8 Å². The van der Waals surface area contributed by atoms with Gasteiger partial charge in [0.05, 0.1) is 11.4 Å². The van der Waals surface area contributed by atoms with Crippen LogP contribution in [0.3, 0.4) is 0 Å². The van der Waals surface area contributed by atoms with Crippen LogP contribution in [0.4, 0.5) is 17.1 Å². The number of aryl methyl sites for hydroxylation is 2. The van der Waals surface area contributed by atoms with Crippen LogP contribution in [-0.4, -0.2) is 13.1 Å². The van der Waals surface area contributed by atoms with Gasteiger partial charge >= 0.3 is 0 Å². The van der Waals surface area contributed by atoms with Crippen molar-refractivity contribution in [3.8, 4) is 0 Å². The van der Waals surface area contributed by atoms with Crippen molar-refractivity contribution in [1.29, 1.82) is 0 Å². The summed E-state index contributed by atoms with van der Waals surface area (Å²) in [6.45, 7) is 6.57. The highest BCUT2D eigenvalue weighted by atomic mass is 15.2. The zero-order valence-electron chi connectivity index (χ0n) is 12.3. The molecule has 0 atom stereocenters. The molecule has 2 nitrogen and oxygen atoms in total. The molecule has 0 amide bonds. The number of nitrogens with one attached hydrogen (secondary N) is 1. The highest BCUT2D eigenvalue weighted by molar-refractivity contribution is 5.79. The van der Waals surface area contributed by atoms with Crippen LogP contribution in [0.2, 0.25) is 0 Å². The van der Waals surface area contributed by atoms with Crippen molar-refractivity contribution in [1.82, 2.24) is 0 Å². The second kappa shape index (κ2) is 5.58. The molecule has 1 heterocycles. The maximum atomic E-state index is 3.54. The summed E-state index contributed by atoms with van der Waals surface area (Å²) in [5.41, 5.74) is 6.73. The number of benzene rings is 2. The fourth-order valence-electron chi connectivity index (χ4n) is 3.06. The van der Waals surface area contributed by atoms with Crippen molar-refractivity contribution >= 4 is 17.1 Å². The third kappa shape index (κ3) is 2.26. The molecule has 0 spiro atoms. The van der Waals surface area contributed by atoms with Gasteiger partial charge in [-0.15, -0.1) is 0 Å². The van der Waals surface area contributed by atoms with Crippen molar-refractivity contribution in [3.05, 3.63) is 53.6 Å². The van der Waals surface area contributed by atoms with Crippen LogP contribution in [0.5, 0.6) is 0 Å². The van der Waals surface area contributed by atoms with E-state index < -0.39 is 0 Å². The van der Waals surface area contributed by atoms with Crippen molar-refractivity contribution < 1.29 is 0 Å². The first kappa shape index (κ1) is 13.0. The Morgan fingerprint density at radius 2 is 1.95 bits per heavy atom. The largest absolute Gasteiger partial charge is 0.383 e. The van der Waals surface area contributed by atoms with E-state index in [0.717, 1.165) is 25.9 Å². The summed E-state index contributed by atoms with van der Waals surface area (Å²) in [5.74, 6) is 0. The van der Waals surface area contributed by atoms with Gasteiger partial charge in [-0.2, -0.15) is 0 Å². The van der Waals surface area contributed by atoms with Gasteiger partial charge < -0.3 is 10.2 Å². The van der Waals surface area contributed by atoms with Crippen LogP contribution in [0.1, 0.15) is 24.5 Å².